The fourth-order valence-electron chi connectivity index (χ4n) is 10.7. The Morgan fingerprint density at radius 2 is 0.653 bits per heavy atom. The summed E-state index contributed by atoms with van der Waals surface area (Å²) in [6, 6.07) is 98.0. The number of rotatable bonds is 9. The number of hydrogen-bond acceptors (Lipinski definition) is 4. The number of anilines is 6. The van der Waals surface area contributed by atoms with Crippen molar-refractivity contribution in [3.8, 4) is 33.4 Å². The Hall–Kier alpha value is -8.80. The van der Waals surface area contributed by atoms with Crippen molar-refractivity contribution in [2.45, 2.75) is 0 Å². The summed E-state index contributed by atoms with van der Waals surface area (Å²) in [6.45, 7) is 0. The lowest BCUT2D eigenvalue weighted by atomic mass is 10.00. The molecule has 2 nitrogen and oxygen atoms in total. The third kappa shape index (κ3) is 7.48. The van der Waals surface area contributed by atoms with E-state index in [1.165, 1.54) is 84.1 Å². The van der Waals surface area contributed by atoms with Crippen LogP contribution in [0.4, 0.5) is 34.1 Å². The van der Waals surface area contributed by atoms with E-state index in [0.29, 0.717) is 0 Å². The van der Waals surface area contributed by atoms with Crippen LogP contribution in [0.25, 0.3) is 95.3 Å². The lowest BCUT2D eigenvalue weighted by Gasteiger charge is -2.27. The lowest BCUT2D eigenvalue weighted by Crippen LogP contribution is -2.10. The van der Waals surface area contributed by atoms with Crippen molar-refractivity contribution in [3.63, 3.8) is 0 Å². The van der Waals surface area contributed by atoms with E-state index in [1.807, 2.05) is 22.7 Å². The van der Waals surface area contributed by atoms with Crippen LogP contribution >= 0.6 is 22.7 Å². The Bertz CT molecular complexity index is 4360. The molecule has 0 saturated heterocycles. The molecule has 0 aliphatic rings. The minimum atomic E-state index is 1.09. The molecule has 0 aliphatic carbocycles. The summed E-state index contributed by atoms with van der Waals surface area (Å²) < 4.78 is 5.15. The van der Waals surface area contributed by atoms with Gasteiger partial charge in [0.15, 0.2) is 0 Å². The molecule has 14 rings (SSSR count). The smallest absolute Gasteiger partial charge is 0.0476 e. The van der Waals surface area contributed by atoms with Gasteiger partial charge in [-0.3, -0.25) is 0 Å². The monoisotopic (exact) mass is 952 g/mol. The molecule has 0 unspecified atom stereocenters. The van der Waals surface area contributed by atoms with Crippen molar-refractivity contribution in [2.75, 3.05) is 9.80 Å². The Kier molecular flexibility index (Phi) is 10.3. The van der Waals surface area contributed by atoms with Gasteiger partial charge in [-0.05, 0) is 146 Å². The molecule has 12 aromatic carbocycles. The van der Waals surface area contributed by atoms with Gasteiger partial charge in [-0.25, -0.2) is 0 Å². The molecule has 0 fully saturated rings. The maximum absolute atomic E-state index is 2.42. The van der Waals surface area contributed by atoms with Gasteiger partial charge >= 0.3 is 0 Å². The Morgan fingerprint density at radius 3 is 1.36 bits per heavy atom. The highest BCUT2D eigenvalue weighted by molar-refractivity contribution is 7.26. The quantitative estimate of drug-likeness (QED) is 0.142. The predicted molar refractivity (Wildman–Crippen MR) is 313 cm³/mol. The normalized spacial score (nSPS) is 11.6. The van der Waals surface area contributed by atoms with Crippen LogP contribution in [-0.2, 0) is 0 Å². The average Bonchev–Trinajstić information content (AvgIpc) is 4.02. The highest BCUT2D eigenvalue weighted by atomic mass is 32.1. The van der Waals surface area contributed by atoms with Crippen molar-refractivity contribution >= 4 is 119 Å². The Morgan fingerprint density at radius 1 is 0.208 bits per heavy atom. The molecule has 0 aliphatic heterocycles. The first-order valence-electron chi connectivity index (χ1n) is 24.5. The van der Waals surface area contributed by atoms with Crippen LogP contribution in [0, 0.1) is 0 Å². The van der Waals surface area contributed by atoms with Crippen LogP contribution in [0.3, 0.4) is 0 Å². The van der Waals surface area contributed by atoms with E-state index >= 15 is 0 Å². The number of fused-ring (bicyclic) bond motifs is 9. The summed E-state index contributed by atoms with van der Waals surface area (Å²) in [5.74, 6) is 0. The Balaban J connectivity index is 0.891. The van der Waals surface area contributed by atoms with Gasteiger partial charge in [0, 0.05) is 74.5 Å². The first-order chi connectivity index (χ1) is 35.6. The first kappa shape index (κ1) is 42.1. The summed E-state index contributed by atoms with van der Waals surface area (Å²) in [5, 5.41) is 10.3. The van der Waals surface area contributed by atoms with Crippen LogP contribution in [0.1, 0.15) is 0 Å². The average molecular weight is 953 g/mol. The van der Waals surface area contributed by atoms with Crippen molar-refractivity contribution in [1.82, 2.24) is 0 Å². The lowest BCUT2D eigenvalue weighted by molar-refractivity contribution is 1.28. The number of benzene rings is 12. The zero-order valence-electron chi connectivity index (χ0n) is 39.1. The highest BCUT2D eigenvalue weighted by Gasteiger charge is 2.20. The van der Waals surface area contributed by atoms with Crippen molar-refractivity contribution < 1.29 is 0 Å². The molecule has 0 saturated carbocycles. The third-order valence-corrected chi connectivity index (χ3v) is 16.4. The fourth-order valence-corrected chi connectivity index (χ4v) is 13.0. The fraction of sp³-hybridized carbons (Fsp3) is 0. The maximum Gasteiger partial charge on any atom is 0.0476 e. The molecule has 0 radical (unpaired) electrons. The number of thiophene rings is 2. The van der Waals surface area contributed by atoms with Gasteiger partial charge in [0.05, 0.1) is 0 Å². The van der Waals surface area contributed by atoms with E-state index in [4.69, 9.17) is 0 Å². The molecule has 0 N–H and O–H groups in total. The van der Waals surface area contributed by atoms with Crippen LogP contribution in [0.5, 0.6) is 0 Å². The number of hydrogen-bond donors (Lipinski definition) is 0. The highest BCUT2D eigenvalue weighted by Crippen LogP contribution is 2.46. The third-order valence-electron chi connectivity index (χ3n) is 14.2. The molecule has 2 aromatic heterocycles. The molecule has 0 amide bonds. The van der Waals surface area contributed by atoms with Crippen LogP contribution in [-0.4, -0.2) is 0 Å². The topological polar surface area (TPSA) is 6.48 Å². The second kappa shape index (κ2) is 17.6. The molecule has 0 bridgehead atoms. The summed E-state index contributed by atoms with van der Waals surface area (Å²) in [5.41, 5.74) is 13.6. The van der Waals surface area contributed by atoms with Gasteiger partial charge in [-0.2, -0.15) is 0 Å². The molecule has 338 valence electrons. The molecule has 14 aromatic rings. The second-order valence-electron chi connectivity index (χ2n) is 18.5. The van der Waals surface area contributed by atoms with Crippen molar-refractivity contribution in [3.05, 3.63) is 267 Å². The van der Waals surface area contributed by atoms with Crippen molar-refractivity contribution in [2.24, 2.45) is 0 Å². The molecule has 0 spiro atoms. The summed E-state index contributed by atoms with van der Waals surface area (Å²) in [4.78, 5) is 4.83. The molecule has 2 heterocycles. The summed E-state index contributed by atoms with van der Waals surface area (Å²) >= 11 is 3.72. The van der Waals surface area contributed by atoms with E-state index in [2.05, 4.69) is 277 Å². The van der Waals surface area contributed by atoms with E-state index in [0.717, 1.165) is 45.3 Å². The van der Waals surface area contributed by atoms with Gasteiger partial charge in [0.2, 0.25) is 0 Å². The predicted octanol–water partition coefficient (Wildman–Crippen LogP) is 20.7. The van der Waals surface area contributed by atoms with Gasteiger partial charge in [0.1, 0.15) is 0 Å². The van der Waals surface area contributed by atoms with Gasteiger partial charge < -0.3 is 9.80 Å². The SMILES string of the molecule is c1ccc(-c2cccc(N(c3cccc(-c4cccc(N(c5ccc(-c6ccc7ccccc7c6)cc5)c5ccc6c(c5)sc5ccc7ccccc7c56)c4)c3)c3ccc4c(c3)sc3ccccc34)c2)cc1. The van der Waals surface area contributed by atoms with Gasteiger partial charge in [-0.15, -0.1) is 22.7 Å². The standard InChI is InChI=1S/C68H44N2S2/c1-2-13-45(14-3-1)50-18-10-22-56(40-50)70(59-34-36-62-61-25-8-9-26-64(61)71-66(62)43-59)57-23-12-20-52(42-57)51-19-11-21-55(41-51)69(54-32-29-47(30-33-54)53-28-27-46-15-4-5-17-49(46)39-53)58-35-37-63-67(44-58)72-65-38-31-48-16-6-7-24-60(48)68(63)65/h1-44H. The maximum atomic E-state index is 2.42. The summed E-state index contributed by atoms with van der Waals surface area (Å²) in [7, 11) is 0. The minimum absolute atomic E-state index is 1.09. The van der Waals surface area contributed by atoms with Crippen LogP contribution < -0.4 is 9.80 Å². The van der Waals surface area contributed by atoms with Gasteiger partial charge in [-0.1, -0.05) is 176 Å². The van der Waals surface area contributed by atoms with E-state index in [1.54, 1.807) is 0 Å². The molecule has 72 heavy (non-hydrogen) atoms. The van der Waals surface area contributed by atoms with E-state index in [9.17, 15) is 0 Å². The first-order valence-corrected chi connectivity index (χ1v) is 26.1. The van der Waals surface area contributed by atoms with Crippen LogP contribution in [0.15, 0.2) is 267 Å². The molecular formula is C68H44N2S2. The zero-order valence-corrected chi connectivity index (χ0v) is 40.7. The molecule has 4 heteroatoms. The molecule has 0 atom stereocenters. The largest absolute Gasteiger partial charge is 0.310 e. The van der Waals surface area contributed by atoms with E-state index in [-0.39, 0.29) is 0 Å². The van der Waals surface area contributed by atoms with Crippen molar-refractivity contribution in [1.29, 1.82) is 0 Å². The number of nitrogens with zero attached hydrogens (tertiary/aromatic N) is 2. The van der Waals surface area contributed by atoms with Crippen LogP contribution in [0.2, 0.25) is 0 Å². The van der Waals surface area contributed by atoms with Gasteiger partial charge in [0.25, 0.3) is 0 Å². The van der Waals surface area contributed by atoms with E-state index < -0.39 is 0 Å². The minimum Gasteiger partial charge on any atom is -0.310 e. The molecular weight excluding hydrogens is 909 g/mol. The zero-order chi connectivity index (χ0) is 47.5. The summed E-state index contributed by atoms with van der Waals surface area (Å²) in [6.07, 6.45) is 0. The Labute approximate surface area is 426 Å². The second-order valence-corrected chi connectivity index (χ2v) is 20.7.